The summed E-state index contributed by atoms with van der Waals surface area (Å²) < 4.78 is 36.1. The summed E-state index contributed by atoms with van der Waals surface area (Å²) in [6, 6.07) is 1.13. The van der Waals surface area contributed by atoms with Gasteiger partial charge in [-0.05, 0) is 6.07 Å². The van der Waals surface area contributed by atoms with E-state index in [-0.39, 0.29) is 5.82 Å². The van der Waals surface area contributed by atoms with Crippen LogP contribution < -0.4 is 22.9 Å². The molecule has 5 atom stereocenters. The highest BCUT2D eigenvalue weighted by Gasteiger charge is 2.57. The quantitative estimate of drug-likeness (QED) is 0.109. The maximum Gasteiger partial charge on any atom is 0.481 e. The van der Waals surface area contributed by atoms with Crippen LogP contribution in [-0.4, -0.2) is 65.3 Å². The van der Waals surface area contributed by atoms with Crippen molar-refractivity contribution in [2.24, 2.45) is 16.5 Å². The Morgan fingerprint density at radius 3 is 2.48 bits per heavy atom. The topological polar surface area (TPSA) is 288 Å². The average Bonchev–Trinajstić information content (AvgIpc) is 2.75. The highest BCUT2D eigenvalue weighted by molar-refractivity contribution is 7.60. The number of aromatic nitrogens is 2. The molecule has 1 aliphatic heterocycles. The van der Waals surface area contributed by atoms with Gasteiger partial charge in [0.15, 0.2) is 12.1 Å². The molecule has 1 aromatic heterocycles. The number of nitrogens with zero attached hydrogens (tertiary/aromatic N) is 3. The van der Waals surface area contributed by atoms with E-state index in [0.29, 0.717) is 4.57 Å². The smallest absolute Gasteiger partial charge is 0.387 e. The summed E-state index contributed by atoms with van der Waals surface area (Å²) in [6.45, 7) is -1.04. The fourth-order valence-electron chi connectivity index (χ4n) is 2.44. The van der Waals surface area contributed by atoms with E-state index in [2.05, 4.69) is 18.8 Å². The fraction of sp³-hybridized carbons (Fsp3) is 0.500. The Bertz CT molecular complexity index is 944. The number of phosphoric acid groups is 2. The molecule has 1 unspecified atom stereocenters. The summed E-state index contributed by atoms with van der Waals surface area (Å²) in [4.78, 5) is 45.7. The Kier molecular flexibility index (Phi) is 6.51. The zero-order chi connectivity index (χ0) is 22.2. The van der Waals surface area contributed by atoms with Gasteiger partial charge < -0.3 is 46.8 Å². The number of hydrogen-bond acceptors (Lipinski definition) is 11. The summed E-state index contributed by atoms with van der Waals surface area (Å²) in [6.07, 6.45) is -4.59. The molecule has 17 nitrogen and oxygen atoms in total. The molecule has 1 aromatic rings. The van der Waals surface area contributed by atoms with Gasteiger partial charge in [-0.2, -0.15) is 14.3 Å². The molecular formula is C10H18N6O11P2. The number of rotatable bonds is 7. The van der Waals surface area contributed by atoms with E-state index in [0.717, 1.165) is 12.3 Å². The first kappa shape index (κ1) is 23.4. The SMILES string of the molecule is NC(N)=N[C@@]1(n2ccc(N)nc2=O)O[C@H](COP(=O)(O)OP(=O)(O)O)[C@@H](O)[C@H]1O. The molecule has 0 aromatic carbocycles. The highest BCUT2D eigenvalue weighted by Crippen LogP contribution is 2.57. The van der Waals surface area contributed by atoms with Gasteiger partial charge in [-0.15, -0.1) is 0 Å². The highest BCUT2D eigenvalue weighted by atomic mass is 31.3. The predicted molar refractivity (Wildman–Crippen MR) is 92.5 cm³/mol. The fourth-order valence-corrected chi connectivity index (χ4v) is 4.04. The van der Waals surface area contributed by atoms with Crippen LogP contribution in [0.15, 0.2) is 22.1 Å². The van der Waals surface area contributed by atoms with Crippen molar-refractivity contribution >= 4 is 27.4 Å². The van der Waals surface area contributed by atoms with Crippen molar-refractivity contribution in [2.45, 2.75) is 24.2 Å². The van der Waals surface area contributed by atoms with Crippen LogP contribution in [-0.2, 0) is 28.6 Å². The van der Waals surface area contributed by atoms with Gasteiger partial charge in [0.05, 0.1) is 6.61 Å². The van der Waals surface area contributed by atoms with Crippen LogP contribution in [0.4, 0.5) is 5.82 Å². The van der Waals surface area contributed by atoms with Gasteiger partial charge in [0.2, 0.25) is 0 Å². The number of ether oxygens (including phenoxy) is 1. The maximum atomic E-state index is 12.2. The van der Waals surface area contributed by atoms with Gasteiger partial charge in [0.25, 0.3) is 5.85 Å². The van der Waals surface area contributed by atoms with Crippen molar-refractivity contribution in [3.05, 3.63) is 22.7 Å². The number of guanidine groups is 1. The zero-order valence-corrected chi connectivity index (χ0v) is 16.0. The molecule has 2 rings (SSSR count). The summed E-state index contributed by atoms with van der Waals surface area (Å²) in [5.74, 6) is -3.33. The van der Waals surface area contributed by atoms with E-state index < -0.39 is 58.1 Å². The molecular weight excluding hydrogens is 442 g/mol. The van der Waals surface area contributed by atoms with E-state index in [1.54, 1.807) is 0 Å². The lowest BCUT2D eigenvalue weighted by molar-refractivity contribution is -0.143. The molecule has 19 heteroatoms. The Morgan fingerprint density at radius 2 is 1.97 bits per heavy atom. The van der Waals surface area contributed by atoms with Crippen LogP contribution in [0.2, 0.25) is 0 Å². The summed E-state index contributed by atoms with van der Waals surface area (Å²) >= 11 is 0. The monoisotopic (exact) mass is 460 g/mol. The number of aliphatic imine (C=N–C) groups is 1. The second-order valence-corrected chi connectivity index (χ2v) is 8.46. The number of hydrogen-bond donors (Lipinski definition) is 8. The van der Waals surface area contributed by atoms with E-state index in [4.69, 9.17) is 31.7 Å². The molecule has 11 N–H and O–H groups in total. The lowest BCUT2D eigenvalue weighted by atomic mass is 10.1. The molecule has 2 heterocycles. The second kappa shape index (κ2) is 8.08. The molecule has 1 saturated heterocycles. The predicted octanol–water partition coefficient (Wildman–Crippen LogP) is -3.94. The van der Waals surface area contributed by atoms with Crippen LogP contribution in [0, 0.1) is 0 Å². The van der Waals surface area contributed by atoms with Crippen molar-refractivity contribution < 1.29 is 47.6 Å². The third-order valence-corrected chi connectivity index (χ3v) is 5.64. The Morgan fingerprint density at radius 1 is 1.34 bits per heavy atom. The van der Waals surface area contributed by atoms with E-state index in [9.17, 15) is 29.0 Å². The number of phosphoric ester groups is 1. The first-order valence-electron chi connectivity index (χ1n) is 7.41. The Labute approximate surface area is 161 Å². The average molecular weight is 460 g/mol. The van der Waals surface area contributed by atoms with Gasteiger partial charge >= 0.3 is 21.3 Å². The summed E-state index contributed by atoms with van der Waals surface area (Å²) in [5, 5.41) is 20.6. The number of nitrogen functional groups attached to an aromatic ring is 1. The second-order valence-electron chi connectivity index (χ2n) is 5.63. The molecule has 1 aliphatic rings. The molecule has 0 aliphatic carbocycles. The maximum absolute atomic E-state index is 12.2. The van der Waals surface area contributed by atoms with Crippen molar-refractivity contribution in [3.63, 3.8) is 0 Å². The lowest BCUT2D eigenvalue weighted by Crippen LogP contribution is -2.51. The molecule has 164 valence electrons. The molecule has 0 spiro atoms. The van der Waals surface area contributed by atoms with Crippen LogP contribution in [0.25, 0.3) is 0 Å². The first-order chi connectivity index (χ1) is 13.2. The largest absolute Gasteiger partial charge is 0.481 e. The number of aliphatic hydroxyl groups excluding tert-OH is 2. The molecule has 0 bridgehead atoms. The Balaban J connectivity index is 2.37. The minimum absolute atomic E-state index is 0.185. The minimum atomic E-state index is -5.39. The summed E-state index contributed by atoms with van der Waals surface area (Å²) in [5.41, 5.74) is 14.9. The van der Waals surface area contributed by atoms with Gasteiger partial charge in [-0.3, -0.25) is 4.52 Å². The molecule has 0 amide bonds. The lowest BCUT2D eigenvalue weighted by Gasteiger charge is -2.29. The van der Waals surface area contributed by atoms with Crippen molar-refractivity contribution in [1.82, 2.24) is 9.55 Å². The molecule has 0 radical (unpaired) electrons. The first-order valence-corrected chi connectivity index (χ1v) is 10.4. The van der Waals surface area contributed by atoms with Crippen LogP contribution in [0.5, 0.6) is 0 Å². The minimum Gasteiger partial charge on any atom is -0.387 e. The molecule has 1 fully saturated rings. The summed E-state index contributed by atoms with van der Waals surface area (Å²) in [7, 11) is -10.7. The van der Waals surface area contributed by atoms with Gasteiger partial charge in [0, 0.05) is 6.20 Å². The van der Waals surface area contributed by atoms with Crippen molar-refractivity contribution in [2.75, 3.05) is 12.3 Å². The van der Waals surface area contributed by atoms with Crippen LogP contribution in [0.1, 0.15) is 0 Å². The number of aliphatic hydroxyl groups is 2. The zero-order valence-electron chi connectivity index (χ0n) is 14.2. The van der Waals surface area contributed by atoms with Gasteiger partial charge in [-0.25, -0.2) is 18.5 Å². The Hall–Kier alpha value is -1.91. The number of nitrogens with two attached hydrogens (primary N) is 3. The molecule has 29 heavy (non-hydrogen) atoms. The van der Waals surface area contributed by atoms with E-state index in [1.807, 2.05) is 0 Å². The molecule has 0 saturated carbocycles. The van der Waals surface area contributed by atoms with Crippen LogP contribution in [0.3, 0.4) is 0 Å². The third-order valence-electron chi connectivity index (χ3n) is 3.49. The standard InChI is InChI=1S/C10H18N6O11P2/c11-5-1-2-16(9(19)14-5)10(15-8(12)13)7(18)6(17)4(26-10)3-25-29(23,24)27-28(20,21)22/h1-2,4,6-7,17-18H,3H2,(H,23,24)(H2,11,14,19)(H4,12,13,15)(H2,20,21,22)/t4-,6-,7-,10+/m1/s1. The van der Waals surface area contributed by atoms with Gasteiger partial charge in [-0.1, -0.05) is 0 Å². The van der Waals surface area contributed by atoms with Crippen molar-refractivity contribution in [3.8, 4) is 0 Å². The van der Waals surface area contributed by atoms with E-state index >= 15 is 0 Å². The van der Waals surface area contributed by atoms with Crippen LogP contribution >= 0.6 is 15.6 Å². The van der Waals surface area contributed by atoms with E-state index in [1.165, 1.54) is 0 Å². The third kappa shape index (κ3) is 5.37. The van der Waals surface area contributed by atoms with Crippen molar-refractivity contribution in [1.29, 1.82) is 0 Å². The van der Waals surface area contributed by atoms with Gasteiger partial charge in [0.1, 0.15) is 18.0 Å². The normalized spacial score (nSPS) is 29.3. The number of anilines is 1.